The van der Waals surface area contributed by atoms with Crippen molar-refractivity contribution < 1.29 is 14.4 Å². The number of nitro benzene ring substituents is 1. The van der Waals surface area contributed by atoms with Gasteiger partial charge in [0.25, 0.3) is 5.69 Å². The fourth-order valence-corrected chi connectivity index (χ4v) is 1.68. The molecule has 7 heteroatoms. The van der Waals surface area contributed by atoms with Gasteiger partial charge in [-0.3, -0.25) is 14.9 Å². The predicted molar refractivity (Wildman–Crippen MR) is 73.7 cm³/mol. The van der Waals surface area contributed by atoms with Gasteiger partial charge in [0.05, 0.1) is 11.2 Å². The number of hydrogen-bond acceptors (Lipinski definition) is 5. The molecule has 1 heterocycles. The van der Waals surface area contributed by atoms with Crippen LogP contribution in [0.2, 0.25) is 5.02 Å². The maximum absolute atomic E-state index is 11.2. The molecule has 0 bridgehead atoms. The van der Waals surface area contributed by atoms with Crippen LogP contribution < -0.4 is 5.43 Å². The van der Waals surface area contributed by atoms with Crippen molar-refractivity contribution in [2.24, 2.45) is 0 Å². The molecule has 102 valence electrons. The first-order chi connectivity index (χ1) is 9.49. The van der Waals surface area contributed by atoms with Gasteiger partial charge in [-0.2, -0.15) is 0 Å². The van der Waals surface area contributed by atoms with Crippen molar-refractivity contribution in [1.82, 2.24) is 0 Å². The summed E-state index contributed by atoms with van der Waals surface area (Å²) in [6.07, 6.45) is 3.94. The Balaban J connectivity index is 2.37. The first-order valence-electron chi connectivity index (χ1n) is 5.42. The zero-order valence-electron chi connectivity index (χ0n) is 9.95. The third kappa shape index (κ3) is 2.86. The summed E-state index contributed by atoms with van der Waals surface area (Å²) in [7, 11) is 0. The zero-order valence-corrected chi connectivity index (χ0v) is 10.7. The minimum Gasteiger partial charge on any atom is -0.502 e. The summed E-state index contributed by atoms with van der Waals surface area (Å²) in [5.41, 5.74) is -0.322. The molecule has 20 heavy (non-hydrogen) atoms. The number of halogens is 1. The topological polar surface area (TPSA) is 93.6 Å². The van der Waals surface area contributed by atoms with Crippen LogP contribution in [0.5, 0.6) is 5.75 Å². The highest BCUT2D eigenvalue weighted by atomic mass is 35.5. The lowest BCUT2D eigenvalue weighted by atomic mass is 10.1. The Morgan fingerprint density at radius 2 is 2.05 bits per heavy atom. The molecular weight excluding hydrogens is 286 g/mol. The van der Waals surface area contributed by atoms with Gasteiger partial charge in [-0.25, -0.2) is 0 Å². The summed E-state index contributed by atoms with van der Waals surface area (Å²) in [4.78, 5) is 21.3. The predicted octanol–water partition coefficient (Wildman–Crippen LogP) is 3.08. The molecule has 0 aliphatic carbocycles. The molecule has 0 aliphatic rings. The molecule has 0 amide bonds. The second kappa shape index (κ2) is 5.58. The summed E-state index contributed by atoms with van der Waals surface area (Å²) >= 11 is 5.69. The van der Waals surface area contributed by atoms with E-state index >= 15 is 0 Å². The largest absolute Gasteiger partial charge is 0.502 e. The number of nitro groups is 1. The van der Waals surface area contributed by atoms with Crippen LogP contribution in [0.4, 0.5) is 5.69 Å². The van der Waals surface area contributed by atoms with E-state index in [1.807, 2.05) is 0 Å². The zero-order chi connectivity index (χ0) is 14.7. The molecule has 0 fully saturated rings. The van der Waals surface area contributed by atoms with Crippen LogP contribution in [0, 0.1) is 10.1 Å². The lowest BCUT2D eigenvalue weighted by Crippen LogP contribution is -1.97. The molecule has 0 saturated heterocycles. The average molecular weight is 294 g/mol. The molecule has 0 spiro atoms. The molecule has 2 rings (SSSR count). The van der Waals surface area contributed by atoms with E-state index < -0.39 is 16.1 Å². The SMILES string of the molecule is O=c1ccoc(/C=C/c2ccc(Cl)c([N+](=O)[O-])c2)c1O. The van der Waals surface area contributed by atoms with Crippen molar-refractivity contribution in [2.75, 3.05) is 0 Å². The van der Waals surface area contributed by atoms with Gasteiger partial charge in [-0.15, -0.1) is 0 Å². The van der Waals surface area contributed by atoms with Crippen molar-refractivity contribution in [2.45, 2.75) is 0 Å². The minimum atomic E-state index is -0.597. The van der Waals surface area contributed by atoms with Gasteiger partial charge in [-0.1, -0.05) is 23.7 Å². The standard InChI is InChI=1S/C13H8ClNO5/c14-9-3-1-8(7-10(9)15(18)19)2-4-12-13(17)11(16)5-6-20-12/h1-7,17H/b4-2+. The second-order valence-electron chi connectivity index (χ2n) is 3.80. The molecule has 0 radical (unpaired) electrons. The number of nitrogens with zero attached hydrogens (tertiary/aromatic N) is 1. The fraction of sp³-hybridized carbons (Fsp3) is 0. The Labute approximate surface area is 117 Å². The summed E-state index contributed by atoms with van der Waals surface area (Å²) < 4.78 is 4.97. The van der Waals surface area contributed by atoms with Gasteiger partial charge >= 0.3 is 0 Å². The Kier molecular flexibility index (Phi) is 3.86. The third-order valence-corrected chi connectivity index (χ3v) is 2.79. The molecule has 0 atom stereocenters. The smallest absolute Gasteiger partial charge is 0.288 e. The molecular formula is C13H8ClNO5. The van der Waals surface area contributed by atoms with E-state index in [-0.39, 0.29) is 16.5 Å². The van der Waals surface area contributed by atoms with E-state index in [1.54, 1.807) is 6.07 Å². The van der Waals surface area contributed by atoms with Crippen LogP contribution in [-0.4, -0.2) is 10.0 Å². The molecule has 1 N–H and O–H groups in total. The van der Waals surface area contributed by atoms with E-state index in [1.165, 1.54) is 24.3 Å². The Morgan fingerprint density at radius 1 is 1.30 bits per heavy atom. The fourth-order valence-electron chi connectivity index (χ4n) is 1.49. The summed E-state index contributed by atoms with van der Waals surface area (Å²) in [5.74, 6) is -0.553. The van der Waals surface area contributed by atoms with Crippen molar-refractivity contribution in [3.05, 3.63) is 67.2 Å². The highest BCUT2D eigenvalue weighted by Crippen LogP contribution is 2.26. The van der Waals surface area contributed by atoms with Gasteiger partial charge in [0.2, 0.25) is 11.2 Å². The van der Waals surface area contributed by atoms with Gasteiger partial charge in [0.1, 0.15) is 5.02 Å². The van der Waals surface area contributed by atoms with Gasteiger partial charge in [0, 0.05) is 12.1 Å². The molecule has 0 saturated carbocycles. The van der Waals surface area contributed by atoms with Crippen LogP contribution >= 0.6 is 11.6 Å². The second-order valence-corrected chi connectivity index (χ2v) is 4.21. The number of benzene rings is 1. The van der Waals surface area contributed by atoms with Gasteiger partial charge in [0.15, 0.2) is 5.76 Å². The summed E-state index contributed by atoms with van der Waals surface area (Å²) in [6, 6.07) is 5.31. The lowest BCUT2D eigenvalue weighted by Gasteiger charge is -1.98. The van der Waals surface area contributed by atoms with E-state index in [4.69, 9.17) is 16.0 Å². The molecule has 0 unspecified atom stereocenters. The van der Waals surface area contributed by atoms with Crippen LogP contribution in [0.25, 0.3) is 12.2 Å². The van der Waals surface area contributed by atoms with Crippen LogP contribution in [0.3, 0.4) is 0 Å². The van der Waals surface area contributed by atoms with Crippen molar-refractivity contribution in [1.29, 1.82) is 0 Å². The molecule has 2 aromatic rings. The first-order valence-corrected chi connectivity index (χ1v) is 5.79. The minimum absolute atomic E-state index is 0.0289. The monoisotopic (exact) mass is 293 g/mol. The number of aromatic hydroxyl groups is 1. The number of hydrogen-bond donors (Lipinski definition) is 1. The molecule has 0 aliphatic heterocycles. The maximum Gasteiger partial charge on any atom is 0.288 e. The van der Waals surface area contributed by atoms with Gasteiger partial charge < -0.3 is 9.52 Å². The average Bonchev–Trinajstić information content (AvgIpc) is 2.41. The van der Waals surface area contributed by atoms with Crippen LogP contribution in [-0.2, 0) is 0 Å². The molecule has 1 aromatic carbocycles. The Bertz CT molecular complexity index is 751. The molecule has 1 aromatic heterocycles. The first kappa shape index (κ1) is 13.8. The quantitative estimate of drug-likeness (QED) is 0.693. The lowest BCUT2D eigenvalue weighted by molar-refractivity contribution is -0.384. The summed E-state index contributed by atoms with van der Waals surface area (Å²) in [6.45, 7) is 0. The maximum atomic E-state index is 11.2. The molecule has 6 nitrogen and oxygen atoms in total. The highest BCUT2D eigenvalue weighted by molar-refractivity contribution is 6.32. The summed E-state index contributed by atoms with van der Waals surface area (Å²) in [5, 5.41) is 20.2. The van der Waals surface area contributed by atoms with Crippen LogP contribution in [0.1, 0.15) is 11.3 Å². The Hall–Kier alpha value is -2.60. The van der Waals surface area contributed by atoms with Gasteiger partial charge in [-0.05, 0) is 17.7 Å². The van der Waals surface area contributed by atoms with E-state index in [2.05, 4.69) is 0 Å². The van der Waals surface area contributed by atoms with E-state index in [9.17, 15) is 20.0 Å². The van der Waals surface area contributed by atoms with Crippen molar-refractivity contribution in [3.63, 3.8) is 0 Å². The number of rotatable bonds is 3. The van der Waals surface area contributed by atoms with Crippen molar-refractivity contribution >= 4 is 29.4 Å². The van der Waals surface area contributed by atoms with Crippen LogP contribution in [0.15, 0.2) is 39.7 Å². The third-order valence-electron chi connectivity index (χ3n) is 2.48. The Morgan fingerprint density at radius 3 is 2.75 bits per heavy atom. The van der Waals surface area contributed by atoms with Crippen molar-refractivity contribution in [3.8, 4) is 5.75 Å². The van der Waals surface area contributed by atoms with E-state index in [0.29, 0.717) is 5.56 Å². The normalized spacial score (nSPS) is 10.8. The highest BCUT2D eigenvalue weighted by Gasteiger charge is 2.11. The van der Waals surface area contributed by atoms with E-state index in [0.717, 1.165) is 12.3 Å².